The van der Waals surface area contributed by atoms with Crippen LogP contribution < -0.4 is 5.32 Å². The molecule has 35 heavy (non-hydrogen) atoms. The zero-order valence-corrected chi connectivity index (χ0v) is 20.2. The van der Waals surface area contributed by atoms with Gasteiger partial charge in [0.05, 0.1) is 17.1 Å². The first-order chi connectivity index (χ1) is 16.8. The first-order valence-electron chi connectivity index (χ1n) is 11.3. The Morgan fingerprint density at radius 2 is 1.60 bits per heavy atom. The summed E-state index contributed by atoms with van der Waals surface area (Å²) in [6.45, 7) is 4.31. The standard InChI is InChI=1S/C26H25N3O5S/c1-17-15-29(16-18(2)33-17)35(31,32)22-13-9-19(10-14-22)25(30)27-21-11-7-20(8-12-21)26-28-23-5-3-4-6-24(23)34-26/h3-14,17-18H,15-16H2,1-2H3,(H,27,30)/t17-,18-/m1/s1. The summed E-state index contributed by atoms with van der Waals surface area (Å²) < 4.78 is 38.9. The molecule has 1 fully saturated rings. The Bertz CT molecular complexity index is 1420. The maximum absolute atomic E-state index is 13.0. The Balaban J connectivity index is 1.27. The SMILES string of the molecule is C[C@@H]1CN(S(=O)(=O)c2ccc(C(=O)Nc3ccc(-c4nc5ccccc5o4)cc3)cc2)C[C@@H](C)O1. The van der Waals surface area contributed by atoms with Gasteiger partial charge in [-0.15, -0.1) is 0 Å². The Morgan fingerprint density at radius 3 is 2.26 bits per heavy atom. The predicted octanol–water partition coefficient (Wildman–Crippen LogP) is 4.55. The van der Waals surface area contributed by atoms with Gasteiger partial charge in [-0.1, -0.05) is 12.1 Å². The predicted molar refractivity (Wildman–Crippen MR) is 133 cm³/mol. The Kier molecular flexibility index (Phi) is 6.14. The summed E-state index contributed by atoms with van der Waals surface area (Å²) in [5.41, 5.74) is 3.24. The first kappa shape index (κ1) is 23.2. The molecule has 4 aromatic rings. The van der Waals surface area contributed by atoms with Crippen molar-refractivity contribution >= 4 is 32.7 Å². The van der Waals surface area contributed by atoms with Crippen molar-refractivity contribution in [2.45, 2.75) is 31.0 Å². The van der Waals surface area contributed by atoms with E-state index in [2.05, 4.69) is 10.3 Å². The number of ether oxygens (including phenoxy) is 1. The minimum atomic E-state index is -3.66. The van der Waals surface area contributed by atoms with Crippen LogP contribution in [0.2, 0.25) is 0 Å². The van der Waals surface area contributed by atoms with Gasteiger partial charge in [0.25, 0.3) is 5.91 Å². The number of carbonyl (C=O) groups excluding carboxylic acids is 1. The number of morpholine rings is 1. The van der Waals surface area contributed by atoms with Crippen molar-refractivity contribution in [1.82, 2.24) is 9.29 Å². The third-order valence-corrected chi connectivity index (χ3v) is 7.67. The lowest BCUT2D eigenvalue weighted by molar-refractivity contribution is -0.0440. The second-order valence-electron chi connectivity index (χ2n) is 8.62. The van der Waals surface area contributed by atoms with E-state index in [1.54, 1.807) is 12.1 Å². The summed E-state index contributed by atoms with van der Waals surface area (Å²) >= 11 is 0. The summed E-state index contributed by atoms with van der Waals surface area (Å²) in [7, 11) is -3.66. The normalized spacial score (nSPS) is 19.0. The van der Waals surface area contributed by atoms with Gasteiger partial charge in [0.15, 0.2) is 5.58 Å². The van der Waals surface area contributed by atoms with Crippen LogP contribution in [0.15, 0.2) is 82.1 Å². The maximum Gasteiger partial charge on any atom is 0.255 e. The van der Waals surface area contributed by atoms with Crippen molar-refractivity contribution < 1.29 is 22.4 Å². The number of hydrogen-bond acceptors (Lipinski definition) is 6. The highest BCUT2D eigenvalue weighted by Gasteiger charge is 2.32. The minimum absolute atomic E-state index is 0.151. The molecule has 3 aromatic carbocycles. The Hall–Kier alpha value is -3.53. The maximum atomic E-state index is 13.0. The van der Waals surface area contributed by atoms with Gasteiger partial charge in [-0.25, -0.2) is 13.4 Å². The van der Waals surface area contributed by atoms with Crippen molar-refractivity contribution in [3.05, 3.63) is 78.4 Å². The molecular formula is C26H25N3O5S. The van der Waals surface area contributed by atoms with Gasteiger partial charge in [-0.3, -0.25) is 4.79 Å². The number of oxazole rings is 1. The van der Waals surface area contributed by atoms with Crippen LogP contribution in [0.4, 0.5) is 5.69 Å². The van der Waals surface area contributed by atoms with Crippen LogP contribution in [0.5, 0.6) is 0 Å². The van der Waals surface area contributed by atoms with Crippen molar-refractivity contribution in [2.24, 2.45) is 0 Å². The van der Waals surface area contributed by atoms with Gasteiger partial charge in [0, 0.05) is 29.9 Å². The molecule has 1 N–H and O–H groups in total. The molecule has 5 rings (SSSR count). The fourth-order valence-electron chi connectivity index (χ4n) is 4.15. The smallest absolute Gasteiger partial charge is 0.255 e. The quantitative estimate of drug-likeness (QED) is 0.440. The zero-order chi connectivity index (χ0) is 24.6. The van der Waals surface area contributed by atoms with E-state index in [0.717, 1.165) is 11.1 Å². The highest BCUT2D eigenvalue weighted by molar-refractivity contribution is 7.89. The van der Waals surface area contributed by atoms with Crippen LogP contribution in [0, 0.1) is 0 Å². The Labute approximate surface area is 203 Å². The molecule has 180 valence electrons. The average molecular weight is 492 g/mol. The van der Waals surface area contributed by atoms with E-state index >= 15 is 0 Å². The number of para-hydroxylation sites is 2. The fraction of sp³-hybridized carbons (Fsp3) is 0.231. The first-order valence-corrected chi connectivity index (χ1v) is 12.8. The van der Waals surface area contributed by atoms with Crippen molar-refractivity contribution in [3.63, 3.8) is 0 Å². The van der Waals surface area contributed by atoms with Crippen LogP contribution in [-0.4, -0.2) is 48.9 Å². The minimum Gasteiger partial charge on any atom is -0.436 e. The number of nitrogens with one attached hydrogen (secondary N) is 1. The van der Waals surface area contributed by atoms with E-state index in [9.17, 15) is 13.2 Å². The summed E-state index contributed by atoms with van der Waals surface area (Å²) in [6, 6.07) is 20.7. The second-order valence-corrected chi connectivity index (χ2v) is 10.6. The van der Waals surface area contributed by atoms with Crippen LogP contribution in [-0.2, 0) is 14.8 Å². The molecule has 0 bridgehead atoms. The molecule has 2 heterocycles. The lowest BCUT2D eigenvalue weighted by atomic mass is 10.2. The fourth-order valence-corrected chi connectivity index (χ4v) is 5.74. The molecule has 1 amide bonds. The monoisotopic (exact) mass is 491 g/mol. The summed E-state index contributed by atoms with van der Waals surface area (Å²) in [5.74, 6) is 0.169. The number of amides is 1. The number of sulfonamides is 1. The van der Waals surface area contributed by atoms with E-state index in [0.29, 0.717) is 35.8 Å². The molecular weight excluding hydrogens is 466 g/mol. The Morgan fingerprint density at radius 1 is 0.943 bits per heavy atom. The number of carbonyl (C=O) groups is 1. The van der Waals surface area contributed by atoms with E-state index in [1.807, 2.05) is 50.2 Å². The number of anilines is 1. The molecule has 0 aliphatic carbocycles. The van der Waals surface area contributed by atoms with Gasteiger partial charge in [-0.2, -0.15) is 4.31 Å². The highest BCUT2D eigenvalue weighted by atomic mass is 32.2. The average Bonchev–Trinajstić information content (AvgIpc) is 3.28. The molecule has 0 saturated carbocycles. The number of benzene rings is 3. The number of aromatic nitrogens is 1. The topological polar surface area (TPSA) is 102 Å². The molecule has 1 aromatic heterocycles. The lowest BCUT2D eigenvalue weighted by Gasteiger charge is -2.34. The lowest BCUT2D eigenvalue weighted by Crippen LogP contribution is -2.48. The number of hydrogen-bond donors (Lipinski definition) is 1. The molecule has 1 aliphatic rings. The van der Waals surface area contributed by atoms with Crippen LogP contribution in [0.1, 0.15) is 24.2 Å². The third kappa shape index (κ3) is 4.84. The number of fused-ring (bicyclic) bond motifs is 1. The van der Waals surface area contributed by atoms with Crippen LogP contribution in [0.3, 0.4) is 0 Å². The van der Waals surface area contributed by atoms with Crippen molar-refractivity contribution in [3.8, 4) is 11.5 Å². The van der Waals surface area contributed by atoms with E-state index in [4.69, 9.17) is 9.15 Å². The van der Waals surface area contributed by atoms with Crippen LogP contribution >= 0.6 is 0 Å². The highest BCUT2D eigenvalue weighted by Crippen LogP contribution is 2.26. The van der Waals surface area contributed by atoms with Crippen molar-refractivity contribution in [1.29, 1.82) is 0 Å². The summed E-state index contributed by atoms with van der Waals surface area (Å²) in [6.07, 6.45) is -0.347. The molecule has 1 aliphatic heterocycles. The molecule has 2 atom stereocenters. The van der Waals surface area contributed by atoms with Gasteiger partial charge >= 0.3 is 0 Å². The molecule has 0 unspecified atom stereocenters. The number of nitrogens with zero attached hydrogens (tertiary/aromatic N) is 2. The van der Waals surface area contributed by atoms with Gasteiger partial charge in [0.1, 0.15) is 5.52 Å². The van der Waals surface area contributed by atoms with Crippen molar-refractivity contribution in [2.75, 3.05) is 18.4 Å². The summed E-state index contributed by atoms with van der Waals surface area (Å²) in [5, 5.41) is 2.83. The van der Waals surface area contributed by atoms with E-state index in [-0.39, 0.29) is 23.0 Å². The van der Waals surface area contributed by atoms with Gasteiger partial charge in [0.2, 0.25) is 15.9 Å². The molecule has 8 nitrogen and oxygen atoms in total. The number of rotatable bonds is 5. The van der Waals surface area contributed by atoms with Crippen LogP contribution in [0.25, 0.3) is 22.6 Å². The third-order valence-electron chi connectivity index (χ3n) is 5.82. The second kappa shape index (κ2) is 9.26. The molecule has 9 heteroatoms. The molecule has 1 saturated heterocycles. The van der Waals surface area contributed by atoms with Gasteiger partial charge in [-0.05, 0) is 74.5 Å². The largest absolute Gasteiger partial charge is 0.436 e. The van der Waals surface area contributed by atoms with E-state index < -0.39 is 10.0 Å². The zero-order valence-electron chi connectivity index (χ0n) is 19.3. The van der Waals surface area contributed by atoms with Gasteiger partial charge < -0.3 is 14.5 Å². The molecule has 0 spiro atoms. The molecule has 0 radical (unpaired) electrons. The summed E-state index contributed by atoms with van der Waals surface area (Å²) in [4.78, 5) is 17.3. The van der Waals surface area contributed by atoms with E-state index in [1.165, 1.54) is 28.6 Å².